The van der Waals surface area contributed by atoms with E-state index in [-0.39, 0.29) is 16.8 Å². The van der Waals surface area contributed by atoms with Gasteiger partial charge in [0.15, 0.2) is 0 Å². The lowest BCUT2D eigenvalue weighted by Crippen LogP contribution is -2.06. The molecular formula is C15H12ClN3O2. The summed E-state index contributed by atoms with van der Waals surface area (Å²) in [7, 11) is 0. The highest BCUT2D eigenvalue weighted by atomic mass is 35.5. The Kier molecular flexibility index (Phi) is 4.41. The van der Waals surface area contributed by atoms with Crippen LogP contribution in [0.4, 0.5) is 11.4 Å². The van der Waals surface area contributed by atoms with Crippen molar-refractivity contribution in [2.75, 3.05) is 5.32 Å². The predicted molar refractivity (Wildman–Crippen MR) is 81.3 cm³/mol. The first-order valence-electron chi connectivity index (χ1n) is 6.22. The summed E-state index contributed by atoms with van der Waals surface area (Å²) in [5.41, 5.74) is 2.18. The zero-order chi connectivity index (χ0) is 15.4. The van der Waals surface area contributed by atoms with Crippen molar-refractivity contribution in [1.29, 1.82) is 5.26 Å². The van der Waals surface area contributed by atoms with E-state index in [1.165, 1.54) is 12.1 Å². The Morgan fingerprint density at radius 3 is 2.48 bits per heavy atom. The summed E-state index contributed by atoms with van der Waals surface area (Å²) < 4.78 is 0. The molecule has 0 aliphatic carbocycles. The fraction of sp³-hybridized carbons (Fsp3) is 0.133. The van der Waals surface area contributed by atoms with Gasteiger partial charge in [0.05, 0.1) is 16.6 Å². The van der Waals surface area contributed by atoms with E-state index < -0.39 is 4.92 Å². The first-order valence-corrected chi connectivity index (χ1v) is 6.59. The van der Waals surface area contributed by atoms with Gasteiger partial charge in [0.1, 0.15) is 5.02 Å². The number of hydrogen-bond acceptors (Lipinski definition) is 4. The molecule has 1 N–H and O–H groups in total. The largest absolute Gasteiger partial charge is 0.378 e. The van der Waals surface area contributed by atoms with Crippen LogP contribution in [0, 0.1) is 21.4 Å². The van der Waals surface area contributed by atoms with Gasteiger partial charge in [0.2, 0.25) is 0 Å². The Labute approximate surface area is 126 Å². The minimum Gasteiger partial charge on any atom is -0.378 e. The average molecular weight is 302 g/mol. The maximum Gasteiger partial charge on any atom is 0.288 e. The van der Waals surface area contributed by atoms with Gasteiger partial charge in [0, 0.05) is 17.8 Å². The first-order chi connectivity index (χ1) is 10.0. The number of halogens is 1. The molecule has 1 unspecified atom stereocenters. The Balaban J connectivity index is 2.15. The highest BCUT2D eigenvalue weighted by molar-refractivity contribution is 6.32. The number of nitro groups is 1. The molecule has 1 atom stereocenters. The third-order valence-electron chi connectivity index (χ3n) is 3.07. The normalized spacial score (nSPS) is 11.5. The second-order valence-corrected chi connectivity index (χ2v) is 4.93. The summed E-state index contributed by atoms with van der Waals surface area (Å²) in [5.74, 6) is 0. The van der Waals surface area contributed by atoms with Crippen LogP contribution < -0.4 is 5.32 Å². The minimum atomic E-state index is -0.518. The molecule has 106 valence electrons. The maximum atomic E-state index is 10.7. The lowest BCUT2D eigenvalue weighted by atomic mass is 10.1. The molecule has 0 aliphatic heterocycles. The second kappa shape index (κ2) is 6.25. The number of nitro benzene ring substituents is 1. The fourth-order valence-electron chi connectivity index (χ4n) is 1.92. The zero-order valence-corrected chi connectivity index (χ0v) is 12.0. The van der Waals surface area contributed by atoms with Crippen molar-refractivity contribution in [3.8, 4) is 6.07 Å². The number of hydrogen-bond donors (Lipinski definition) is 1. The standard InChI is InChI=1S/C15H12ClN3O2/c1-10(12-4-2-11(9-17)3-5-12)18-13-6-7-15(19(20)21)14(16)8-13/h2-8,10,18H,1H3. The molecule has 0 aromatic heterocycles. The van der Waals surface area contributed by atoms with Crippen molar-refractivity contribution in [3.05, 3.63) is 68.7 Å². The van der Waals surface area contributed by atoms with Gasteiger partial charge in [-0.2, -0.15) is 5.26 Å². The van der Waals surface area contributed by atoms with Gasteiger partial charge < -0.3 is 5.32 Å². The quantitative estimate of drug-likeness (QED) is 0.674. The summed E-state index contributed by atoms with van der Waals surface area (Å²) in [6.45, 7) is 1.96. The van der Waals surface area contributed by atoms with Gasteiger partial charge in [-0.05, 0) is 36.8 Å². The lowest BCUT2D eigenvalue weighted by molar-refractivity contribution is -0.384. The lowest BCUT2D eigenvalue weighted by Gasteiger charge is -2.16. The van der Waals surface area contributed by atoms with Gasteiger partial charge in [-0.15, -0.1) is 0 Å². The molecule has 5 nitrogen and oxygen atoms in total. The molecule has 0 spiro atoms. The van der Waals surface area contributed by atoms with Crippen LogP contribution in [0.5, 0.6) is 0 Å². The van der Waals surface area contributed by atoms with E-state index in [2.05, 4.69) is 11.4 Å². The van der Waals surface area contributed by atoms with Crippen molar-refractivity contribution in [2.24, 2.45) is 0 Å². The molecule has 0 heterocycles. The smallest absolute Gasteiger partial charge is 0.288 e. The Morgan fingerprint density at radius 1 is 1.29 bits per heavy atom. The molecule has 0 saturated carbocycles. The van der Waals surface area contributed by atoms with Crippen LogP contribution in [0.3, 0.4) is 0 Å². The minimum absolute atomic E-state index is 0.0183. The number of rotatable bonds is 4. The molecule has 0 amide bonds. The first kappa shape index (κ1) is 14.8. The van der Waals surface area contributed by atoms with E-state index in [9.17, 15) is 10.1 Å². The number of benzene rings is 2. The van der Waals surface area contributed by atoms with Crippen LogP contribution >= 0.6 is 11.6 Å². The molecule has 0 aliphatic rings. The van der Waals surface area contributed by atoms with Gasteiger partial charge in [0.25, 0.3) is 5.69 Å². The average Bonchev–Trinajstić information content (AvgIpc) is 2.47. The van der Waals surface area contributed by atoms with Crippen LogP contribution in [-0.2, 0) is 0 Å². The van der Waals surface area contributed by atoms with Crippen molar-refractivity contribution in [1.82, 2.24) is 0 Å². The van der Waals surface area contributed by atoms with Gasteiger partial charge in [-0.25, -0.2) is 0 Å². The van der Waals surface area contributed by atoms with Gasteiger partial charge >= 0.3 is 0 Å². The van der Waals surface area contributed by atoms with E-state index in [0.717, 1.165) is 5.56 Å². The third kappa shape index (κ3) is 3.50. The summed E-state index contributed by atoms with van der Waals surface area (Å²) in [5, 5.41) is 22.8. The maximum absolute atomic E-state index is 10.7. The Hall–Kier alpha value is -2.58. The van der Waals surface area contributed by atoms with Gasteiger partial charge in [-0.3, -0.25) is 10.1 Å². The molecule has 2 rings (SSSR count). The summed E-state index contributed by atoms with van der Waals surface area (Å²) in [6, 6.07) is 13.8. The Morgan fingerprint density at radius 2 is 1.95 bits per heavy atom. The number of nitriles is 1. The van der Waals surface area contributed by atoms with Crippen LogP contribution in [0.2, 0.25) is 5.02 Å². The molecule has 2 aromatic carbocycles. The third-order valence-corrected chi connectivity index (χ3v) is 3.37. The van der Waals surface area contributed by atoms with Crippen molar-refractivity contribution in [3.63, 3.8) is 0 Å². The van der Waals surface area contributed by atoms with E-state index >= 15 is 0 Å². The molecule has 0 fully saturated rings. The SMILES string of the molecule is CC(Nc1ccc([N+](=O)[O-])c(Cl)c1)c1ccc(C#N)cc1. The molecular weight excluding hydrogens is 290 g/mol. The molecule has 21 heavy (non-hydrogen) atoms. The second-order valence-electron chi connectivity index (χ2n) is 4.52. The van der Waals surface area contributed by atoms with E-state index in [1.54, 1.807) is 18.2 Å². The monoisotopic (exact) mass is 301 g/mol. The predicted octanol–water partition coefficient (Wildman–Crippen LogP) is 4.29. The van der Waals surface area contributed by atoms with E-state index in [1.807, 2.05) is 19.1 Å². The van der Waals surface area contributed by atoms with Crippen molar-refractivity contribution < 1.29 is 4.92 Å². The molecule has 0 bridgehead atoms. The summed E-state index contributed by atoms with van der Waals surface area (Å²) in [4.78, 5) is 10.2. The molecule has 6 heteroatoms. The highest BCUT2D eigenvalue weighted by Crippen LogP contribution is 2.29. The van der Waals surface area contributed by atoms with Crippen LogP contribution in [0.15, 0.2) is 42.5 Å². The zero-order valence-electron chi connectivity index (χ0n) is 11.2. The van der Waals surface area contributed by atoms with Gasteiger partial charge in [-0.1, -0.05) is 23.7 Å². The summed E-state index contributed by atoms with van der Waals surface area (Å²) >= 11 is 5.88. The van der Waals surface area contributed by atoms with Crippen molar-refractivity contribution in [2.45, 2.75) is 13.0 Å². The van der Waals surface area contributed by atoms with Crippen LogP contribution in [0.1, 0.15) is 24.1 Å². The van der Waals surface area contributed by atoms with Crippen LogP contribution in [0.25, 0.3) is 0 Å². The van der Waals surface area contributed by atoms with Crippen LogP contribution in [-0.4, -0.2) is 4.92 Å². The van der Waals surface area contributed by atoms with Crippen molar-refractivity contribution >= 4 is 23.0 Å². The molecule has 2 aromatic rings. The van der Waals surface area contributed by atoms with E-state index in [0.29, 0.717) is 11.3 Å². The fourth-order valence-corrected chi connectivity index (χ4v) is 2.17. The number of anilines is 1. The number of nitrogens with zero attached hydrogens (tertiary/aromatic N) is 2. The molecule has 0 radical (unpaired) electrons. The highest BCUT2D eigenvalue weighted by Gasteiger charge is 2.13. The molecule has 0 saturated heterocycles. The topological polar surface area (TPSA) is 79.0 Å². The summed E-state index contributed by atoms with van der Waals surface area (Å²) in [6.07, 6.45) is 0. The Bertz CT molecular complexity index is 708. The van der Waals surface area contributed by atoms with E-state index in [4.69, 9.17) is 16.9 Å². The number of nitrogens with one attached hydrogen (secondary N) is 1.